The zero-order valence-corrected chi connectivity index (χ0v) is 12.5. The smallest absolute Gasteiger partial charge is 0.262 e. The second-order valence-electron chi connectivity index (χ2n) is 4.41. The molecule has 1 amide bonds. The number of hydrogen-bond acceptors (Lipinski definition) is 6. The van der Waals surface area contributed by atoms with Crippen LogP contribution in [0.3, 0.4) is 0 Å². The lowest BCUT2D eigenvalue weighted by Gasteiger charge is -2.21. The van der Waals surface area contributed by atoms with Crippen LogP contribution in [0.25, 0.3) is 10.2 Å². The maximum atomic E-state index is 12.2. The van der Waals surface area contributed by atoms with Gasteiger partial charge in [-0.3, -0.25) is 14.2 Å². The van der Waals surface area contributed by atoms with Crippen molar-refractivity contribution in [2.24, 2.45) is 0 Å². The minimum Gasteiger partial charge on any atom is -0.395 e. The van der Waals surface area contributed by atoms with Crippen LogP contribution < -0.4 is 5.56 Å². The maximum absolute atomic E-state index is 12.2. The van der Waals surface area contributed by atoms with Gasteiger partial charge in [0.2, 0.25) is 5.91 Å². The average molecular weight is 311 g/mol. The number of hydrogen-bond donors (Lipinski definition) is 1. The van der Waals surface area contributed by atoms with Crippen molar-refractivity contribution in [1.29, 1.82) is 0 Å². The third-order valence-corrected chi connectivity index (χ3v) is 3.86. The summed E-state index contributed by atoms with van der Waals surface area (Å²) in [5.41, 5.74) is -0.231. The van der Waals surface area contributed by atoms with Crippen molar-refractivity contribution in [2.75, 3.05) is 33.4 Å². The van der Waals surface area contributed by atoms with Gasteiger partial charge >= 0.3 is 0 Å². The Balaban J connectivity index is 2.15. The van der Waals surface area contributed by atoms with Crippen LogP contribution in [0.2, 0.25) is 0 Å². The first-order valence-corrected chi connectivity index (χ1v) is 7.35. The first-order valence-electron chi connectivity index (χ1n) is 6.47. The van der Waals surface area contributed by atoms with Crippen molar-refractivity contribution in [3.05, 3.63) is 28.1 Å². The molecule has 2 rings (SSSR count). The highest BCUT2D eigenvalue weighted by molar-refractivity contribution is 7.16. The van der Waals surface area contributed by atoms with E-state index >= 15 is 0 Å². The Bertz CT molecular complexity index is 667. The Morgan fingerprint density at radius 1 is 1.52 bits per heavy atom. The van der Waals surface area contributed by atoms with E-state index in [9.17, 15) is 9.59 Å². The Labute approximate surface area is 125 Å². The van der Waals surface area contributed by atoms with Crippen LogP contribution in [0, 0.1) is 0 Å². The second-order valence-corrected chi connectivity index (χ2v) is 5.31. The molecule has 2 heterocycles. The van der Waals surface area contributed by atoms with E-state index in [0.717, 1.165) is 0 Å². The predicted molar refractivity (Wildman–Crippen MR) is 79.4 cm³/mol. The number of aromatic nitrogens is 2. The number of ether oxygens (including phenoxy) is 1. The molecule has 7 nitrogen and oxygen atoms in total. The summed E-state index contributed by atoms with van der Waals surface area (Å²) in [5, 5.41) is 11.3. The Hall–Kier alpha value is -1.77. The quantitative estimate of drug-likeness (QED) is 0.773. The van der Waals surface area contributed by atoms with Gasteiger partial charge in [0.1, 0.15) is 11.4 Å². The summed E-state index contributed by atoms with van der Waals surface area (Å²) in [4.78, 5) is 30.7. The van der Waals surface area contributed by atoms with E-state index in [1.807, 2.05) is 0 Å². The standard InChI is InChI=1S/C13H17N3O4S/c1-20-6-4-15(3-5-17)11(18)8-16-9-14-12-10(13(16)19)2-7-21-12/h2,7,9,17H,3-6,8H2,1H3. The van der Waals surface area contributed by atoms with Gasteiger partial charge in [-0.2, -0.15) is 0 Å². The molecule has 0 saturated carbocycles. The maximum Gasteiger partial charge on any atom is 0.262 e. The van der Waals surface area contributed by atoms with Crippen molar-refractivity contribution in [3.8, 4) is 0 Å². The molecule has 8 heteroatoms. The van der Waals surface area contributed by atoms with E-state index < -0.39 is 0 Å². The summed E-state index contributed by atoms with van der Waals surface area (Å²) < 4.78 is 6.22. The van der Waals surface area contributed by atoms with Crippen LogP contribution in [0.1, 0.15) is 0 Å². The number of aliphatic hydroxyl groups is 1. The van der Waals surface area contributed by atoms with Crippen LogP contribution in [-0.4, -0.2) is 58.9 Å². The molecule has 0 unspecified atom stereocenters. The number of fused-ring (bicyclic) bond motifs is 1. The number of amides is 1. The molecular formula is C13H17N3O4S. The zero-order chi connectivity index (χ0) is 15.2. The summed E-state index contributed by atoms with van der Waals surface area (Å²) in [6, 6.07) is 1.70. The Kier molecular flexibility index (Phi) is 5.43. The molecule has 2 aromatic heterocycles. The number of thiophene rings is 1. The SMILES string of the molecule is COCCN(CCO)C(=O)Cn1cnc2sccc2c1=O. The van der Waals surface area contributed by atoms with Crippen molar-refractivity contribution >= 4 is 27.5 Å². The van der Waals surface area contributed by atoms with Gasteiger partial charge in [-0.25, -0.2) is 4.98 Å². The lowest BCUT2D eigenvalue weighted by atomic mass is 10.4. The summed E-state index contributed by atoms with van der Waals surface area (Å²) in [7, 11) is 1.54. The summed E-state index contributed by atoms with van der Waals surface area (Å²) in [6.45, 7) is 0.736. The largest absolute Gasteiger partial charge is 0.395 e. The Morgan fingerprint density at radius 2 is 2.33 bits per heavy atom. The normalized spacial score (nSPS) is 11.0. The summed E-state index contributed by atoms with van der Waals surface area (Å²) >= 11 is 1.39. The van der Waals surface area contributed by atoms with E-state index in [-0.39, 0.29) is 31.2 Å². The fraction of sp³-hybridized carbons (Fsp3) is 0.462. The van der Waals surface area contributed by atoms with Crippen LogP contribution >= 0.6 is 11.3 Å². The molecule has 0 bridgehead atoms. The Morgan fingerprint density at radius 3 is 3.05 bits per heavy atom. The van der Waals surface area contributed by atoms with Crippen LogP contribution in [0.5, 0.6) is 0 Å². The number of nitrogens with zero attached hydrogens (tertiary/aromatic N) is 3. The third kappa shape index (κ3) is 3.66. The fourth-order valence-electron chi connectivity index (χ4n) is 1.94. The monoisotopic (exact) mass is 311 g/mol. The fourth-order valence-corrected chi connectivity index (χ4v) is 2.66. The van der Waals surface area contributed by atoms with Gasteiger partial charge in [0, 0.05) is 20.2 Å². The number of aliphatic hydroxyl groups excluding tert-OH is 1. The average Bonchev–Trinajstić information content (AvgIpc) is 2.95. The van der Waals surface area contributed by atoms with Gasteiger partial charge in [-0.05, 0) is 11.4 Å². The lowest BCUT2D eigenvalue weighted by molar-refractivity contribution is -0.133. The van der Waals surface area contributed by atoms with E-state index in [4.69, 9.17) is 9.84 Å². The zero-order valence-electron chi connectivity index (χ0n) is 11.7. The number of carbonyl (C=O) groups is 1. The highest BCUT2D eigenvalue weighted by Crippen LogP contribution is 2.13. The minimum atomic E-state index is -0.250. The van der Waals surface area contributed by atoms with Gasteiger partial charge < -0.3 is 14.7 Å². The molecule has 0 radical (unpaired) electrons. The summed E-state index contributed by atoms with van der Waals surface area (Å²) in [5.74, 6) is -0.250. The molecule has 0 aliphatic carbocycles. The van der Waals surface area contributed by atoms with Crippen molar-refractivity contribution < 1.29 is 14.6 Å². The molecule has 0 fully saturated rings. The molecule has 0 atom stereocenters. The third-order valence-electron chi connectivity index (χ3n) is 3.04. The van der Waals surface area contributed by atoms with Gasteiger partial charge in [-0.15, -0.1) is 11.3 Å². The van der Waals surface area contributed by atoms with E-state index in [2.05, 4.69) is 4.98 Å². The van der Waals surface area contributed by atoms with Gasteiger partial charge in [0.05, 0.1) is 24.9 Å². The highest BCUT2D eigenvalue weighted by atomic mass is 32.1. The lowest BCUT2D eigenvalue weighted by Crippen LogP contribution is -2.40. The molecule has 2 aromatic rings. The molecule has 0 aliphatic heterocycles. The van der Waals surface area contributed by atoms with E-state index in [1.54, 1.807) is 18.6 Å². The van der Waals surface area contributed by atoms with Crippen molar-refractivity contribution in [2.45, 2.75) is 6.54 Å². The predicted octanol–water partition coefficient (Wildman–Crippen LogP) is -0.0747. The topological polar surface area (TPSA) is 84.7 Å². The number of rotatable bonds is 7. The molecule has 0 saturated heterocycles. The van der Waals surface area contributed by atoms with Gasteiger partial charge in [0.15, 0.2) is 0 Å². The first-order chi connectivity index (χ1) is 10.2. The minimum absolute atomic E-state index is 0.0959. The molecular weight excluding hydrogens is 294 g/mol. The number of carbonyl (C=O) groups excluding carboxylic acids is 1. The van der Waals surface area contributed by atoms with Crippen LogP contribution in [-0.2, 0) is 16.1 Å². The molecule has 0 aliphatic rings. The summed E-state index contributed by atoms with van der Waals surface area (Å²) in [6.07, 6.45) is 1.38. The van der Waals surface area contributed by atoms with Crippen LogP contribution in [0.15, 0.2) is 22.6 Å². The molecule has 114 valence electrons. The van der Waals surface area contributed by atoms with E-state index in [1.165, 1.54) is 27.1 Å². The van der Waals surface area contributed by atoms with Gasteiger partial charge in [0.25, 0.3) is 5.56 Å². The van der Waals surface area contributed by atoms with E-state index in [0.29, 0.717) is 23.4 Å². The van der Waals surface area contributed by atoms with Gasteiger partial charge in [-0.1, -0.05) is 0 Å². The molecule has 21 heavy (non-hydrogen) atoms. The molecule has 0 spiro atoms. The second kappa shape index (κ2) is 7.30. The number of methoxy groups -OCH3 is 1. The molecule has 1 N–H and O–H groups in total. The molecule has 0 aromatic carbocycles. The van der Waals surface area contributed by atoms with Crippen LogP contribution in [0.4, 0.5) is 0 Å². The van der Waals surface area contributed by atoms with Crippen molar-refractivity contribution in [3.63, 3.8) is 0 Å². The first kappa shape index (κ1) is 15.6. The highest BCUT2D eigenvalue weighted by Gasteiger charge is 2.15. The van der Waals surface area contributed by atoms with Crippen molar-refractivity contribution in [1.82, 2.24) is 14.5 Å².